The quantitative estimate of drug-likeness (QED) is 0.930. The van der Waals surface area contributed by atoms with Gasteiger partial charge in [-0.05, 0) is 32.0 Å². The third-order valence-corrected chi connectivity index (χ3v) is 3.63. The Hall–Kier alpha value is -1.77. The van der Waals surface area contributed by atoms with Crippen molar-refractivity contribution in [3.05, 3.63) is 28.8 Å². The summed E-state index contributed by atoms with van der Waals surface area (Å²) in [6.07, 6.45) is 0.108. The number of benzene rings is 1. The SMILES string of the molecule is CC1CN(C(=O)CNc2ccc(Cl)c(C#N)c2)CC(C)O1. The molecule has 0 bridgehead atoms. The lowest BCUT2D eigenvalue weighted by molar-refractivity contribution is -0.141. The molecule has 0 saturated carbocycles. The van der Waals surface area contributed by atoms with Crippen LogP contribution in [0.15, 0.2) is 18.2 Å². The normalized spacial score (nSPS) is 21.7. The van der Waals surface area contributed by atoms with Crippen molar-refractivity contribution in [3.8, 4) is 6.07 Å². The summed E-state index contributed by atoms with van der Waals surface area (Å²) < 4.78 is 5.61. The number of nitrogens with zero attached hydrogens (tertiary/aromatic N) is 2. The molecule has 0 radical (unpaired) electrons. The highest BCUT2D eigenvalue weighted by atomic mass is 35.5. The Morgan fingerprint density at radius 2 is 2.14 bits per heavy atom. The fraction of sp³-hybridized carbons (Fsp3) is 0.467. The van der Waals surface area contributed by atoms with E-state index in [1.165, 1.54) is 0 Å². The molecule has 0 spiro atoms. The summed E-state index contributed by atoms with van der Waals surface area (Å²) in [4.78, 5) is 14.0. The van der Waals surface area contributed by atoms with E-state index in [9.17, 15) is 4.79 Å². The van der Waals surface area contributed by atoms with E-state index < -0.39 is 0 Å². The van der Waals surface area contributed by atoms with Gasteiger partial charge in [-0.3, -0.25) is 4.79 Å². The van der Waals surface area contributed by atoms with Gasteiger partial charge in [0, 0.05) is 18.8 Å². The van der Waals surface area contributed by atoms with Crippen LogP contribution in [-0.2, 0) is 9.53 Å². The molecule has 1 aliphatic rings. The fourth-order valence-electron chi connectivity index (χ4n) is 2.39. The predicted molar refractivity (Wildman–Crippen MR) is 81.2 cm³/mol. The Morgan fingerprint density at radius 3 is 2.76 bits per heavy atom. The third kappa shape index (κ3) is 4.10. The van der Waals surface area contributed by atoms with E-state index in [1.807, 2.05) is 19.9 Å². The lowest BCUT2D eigenvalue weighted by atomic mass is 10.2. The first-order valence-electron chi connectivity index (χ1n) is 6.86. The van der Waals surface area contributed by atoms with Gasteiger partial charge < -0.3 is 15.0 Å². The number of amides is 1. The van der Waals surface area contributed by atoms with Crippen molar-refractivity contribution in [1.29, 1.82) is 5.26 Å². The summed E-state index contributed by atoms with van der Waals surface area (Å²) >= 11 is 5.87. The molecule has 112 valence electrons. The molecule has 1 aliphatic heterocycles. The minimum atomic E-state index is 0.0189. The Bertz CT molecular complexity index is 561. The van der Waals surface area contributed by atoms with Gasteiger partial charge >= 0.3 is 0 Å². The standard InChI is InChI=1S/C15H18ClN3O2/c1-10-8-19(9-11(2)21-10)15(20)7-18-13-3-4-14(16)12(5-13)6-17/h3-5,10-11,18H,7-9H2,1-2H3. The second kappa shape index (κ2) is 6.79. The zero-order valence-corrected chi connectivity index (χ0v) is 12.9. The average molecular weight is 308 g/mol. The predicted octanol–water partition coefficient (Wildman–Crippen LogP) is 2.26. The van der Waals surface area contributed by atoms with Gasteiger partial charge in [-0.2, -0.15) is 5.26 Å². The number of hydrogen-bond donors (Lipinski definition) is 1. The number of carbonyl (C=O) groups excluding carboxylic acids is 1. The number of nitriles is 1. The average Bonchev–Trinajstić information content (AvgIpc) is 2.45. The van der Waals surface area contributed by atoms with Gasteiger partial charge in [0.05, 0.1) is 29.3 Å². The second-order valence-electron chi connectivity index (χ2n) is 5.22. The van der Waals surface area contributed by atoms with Crippen LogP contribution in [0.2, 0.25) is 5.02 Å². The van der Waals surface area contributed by atoms with Gasteiger partial charge in [-0.25, -0.2) is 0 Å². The van der Waals surface area contributed by atoms with E-state index in [0.717, 1.165) is 0 Å². The van der Waals surface area contributed by atoms with Crippen LogP contribution in [0.25, 0.3) is 0 Å². The molecule has 5 nitrogen and oxygen atoms in total. The van der Waals surface area contributed by atoms with E-state index in [-0.39, 0.29) is 24.7 Å². The Balaban J connectivity index is 1.93. The molecule has 1 fully saturated rings. The van der Waals surface area contributed by atoms with Gasteiger partial charge in [0.2, 0.25) is 5.91 Å². The monoisotopic (exact) mass is 307 g/mol. The number of ether oxygens (including phenoxy) is 1. The maximum atomic E-state index is 12.2. The number of rotatable bonds is 3. The molecule has 2 unspecified atom stereocenters. The third-order valence-electron chi connectivity index (χ3n) is 3.30. The van der Waals surface area contributed by atoms with Crippen molar-refractivity contribution in [2.24, 2.45) is 0 Å². The number of nitrogens with one attached hydrogen (secondary N) is 1. The maximum absolute atomic E-state index is 12.2. The van der Waals surface area contributed by atoms with Crippen LogP contribution in [-0.4, -0.2) is 42.6 Å². The molecule has 1 aromatic rings. The van der Waals surface area contributed by atoms with Crippen LogP contribution in [0.5, 0.6) is 0 Å². The van der Waals surface area contributed by atoms with Crippen LogP contribution in [0.1, 0.15) is 19.4 Å². The number of anilines is 1. The summed E-state index contributed by atoms with van der Waals surface area (Å²) in [5.41, 5.74) is 1.10. The van der Waals surface area contributed by atoms with Crippen LogP contribution in [0.3, 0.4) is 0 Å². The van der Waals surface area contributed by atoms with E-state index >= 15 is 0 Å². The van der Waals surface area contributed by atoms with Gasteiger partial charge in [0.25, 0.3) is 0 Å². The lowest BCUT2D eigenvalue weighted by Gasteiger charge is -2.35. The van der Waals surface area contributed by atoms with Crippen molar-refractivity contribution in [2.45, 2.75) is 26.1 Å². The molecule has 2 atom stereocenters. The first-order chi connectivity index (χ1) is 9.99. The number of carbonyl (C=O) groups is 1. The van der Waals surface area contributed by atoms with Crippen molar-refractivity contribution < 1.29 is 9.53 Å². The molecule has 1 saturated heterocycles. The highest BCUT2D eigenvalue weighted by Crippen LogP contribution is 2.19. The summed E-state index contributed by atoms with van der Waals surface area (Å²) in [5.74, 6) is 0.0189. The Labute approximate surface area is 129 Å². The second-order valence-corrected chi connectivity index (χ2v) is 5.62. The van der Waals surface area contributed by atoms with Crippen LogP contribution in [0.4, 0.5) is 5.69 Å². The molecule has 2 rings (SSSR count). The lowest BCUT2D eigenvalue weighted by Crippen LogP contribution is -2.49. The Kier molecular flexibility index (Phi) is 5.05. The molecule has 6 heteroatoms. The van der Waals surface area contributed by atoms with Crippen LogP contribution in [0, 0.1) is 11.3 Å². The fourth-order valence-corrected chi connectivity index (χ4v) is 2.55. The van der Waals surface area contributed by atoms with E-state index in [0.29, 0.717) is 29.4 Å². The van der Waals surface area contributed by atoms with Crippen molar-refractivity contribution in [1.82, 2.24) is 4.90 Å². The first kappa shape index (κ1) is 15.6. The molecule has 1 amide bonds. The molecule has 0 aromatic heterocycles. The van der Waals surface area contributed by atoms with Crippen LogP contribution < -0.4 is 5.32 Å². The highest BCUT2D eigenvalue weighted by Gasteiger charge is 2.25. The number of morpholine rings is 1. The highest BCUT2D eigenvalue weighted by molar-refractivity contribution is 6.31. The largest absolute Gasteiger partial charge is 0.376 e. The smallest absolute Gasteiger partial charge is 0.242 e. The molecular weight excluding hydrogens is 290 g/mol. The molecule has 1 heterocycles. The van der Waals surface area contributed by atoms with Gasteiger partial charge in [-0.15, -0.1) is 0 Å². The summed E-state index contributed by atoms with van der Waals surface area (Å²) in [7, 11) is 0. The molecular formula is C15H18ClN3O2. The zero-order valence-electron chi connectivity index (χ0n) is 12.1. The molecule has 1 N–H and O–H groups in total. The van der Waals surface area contributed by atoms with Gasteiger partial charge in [0.15, 0.2) is 0 Å². The summed E-state index contributed by atoms with van der Waals surface area (Å²) in [6, 6.07) is 7.05. The van der Waals surface area contributed by atoms with E-state index in [1.54, 1.807) is 23.1 Å². The summed E-state index contributed by atoms with van der Waals surface area (Å²) in [5, 5.41) is 12.4. The van der Waals surface area contributed by atoms with Crippen molar-refractivity contribution in [3.63, 3.8) is 0 Å². The topological polar surface area (TPSA) is 65.4 Å². The first-order valence-corrected chi connectivity index (χ1v) is 7.24. The minimum Gasteiger partial charge on any atom is -0.376 e. The molecule has 1 aromatic carbocycles. The van der Waals surface area contributed by atoms with Gasteiger partial charge in [0.1, 0.15) is 6.07 Å². The van der Waals surface area contributed by atoms with Crippen molar-refractivity contribution >= 4 is 23.2 Å². The zero-order chi connectivity index (χ0) is 15.4. The number of hydrogen-bond acceptors (Lipinski definition) is 4. The molecule has 21 heavy (non-hydrogen) atoms. The number of halogens is 1. The van der Waals surface area contributed by atoms with Gasteiger partial charge in [-0.1, -0.05) is 11.6 Å². The maximum Gasteiger partial charge on any atom is 0.242 e. The van der Waals surface area contributed by atoms with E-state index in [2.05, 4.69) is 5.32 Å². The minimum absolute atomic E-state index is 0.0189. The molecule has 0 aliphatic carbocycles. The van der Waals surface area contributed by atoms with Crippen molar-refractivity contribution in [2.75, 3.05) is 25.0 Å². The Morgan fingerprint density at radius 1 is 1.48 bits per heavy atom. The van der Waals surface area contributed by atoms with E-state index in [4.69, 9.17) is 21.6 Å². The summed E-state index contributed by atoms with van der Waals surface area (Å²) in [6.45, 7) is 5.32. The van der Waals surface area contributed by atoms with Crippen LogP contribution >= 0.6 is 11.6 Å².